The number of allylic oxidation sites excluding steroid dienone is 20. The summed E-state index contributed by atoms with van der Waals surface area (Å²) < 4.78 is 11.0. The van der Waals surface area contributed by atoms with Gasteiger partial charge in [-0.2, -0.15) is 0 Å². The molecule has 2 unspecified atom stereocenters. The van der Waals surface area contributed by atoms with Gasteiger partial charge in [-0.25, -0.2) is 0 Å². The molecule has 2 atom stereocenters. The van der Waals surface area contributed by atoms with E-state index in [-0.39, 0.29) is 72.0 Å². The molecule has 0 aromatic carbocycles. The van der Waals surface area contributed by atoms with Crippen molar-refractivity contribution in [3.05, 3.63) is 130 Å². The van der Waals surface area contributed by atoms with Crippen LogP contribution in [0, 0.1) is 10.8 Å². The van der Waals surface area contributed by atoms with E-state index in [1.54, 1.807) is 0 Å². The van der Waals surface area contributed by atoms with Crippen molar-refractivity contribution in [2.24, 2.45) is 22.3 Å². The first-order valence-electron chi connectivity index (χ1n) is 19.7. The molecular formula is C48H68Cl2N2O6. The Kier molecular flexibility index (Phi) is 24.3. The number of hydrogen-bond acceptors (Lipinski definition) is 8. The Balaban J connectivity index is 0.0000162. The van der Waals surface area contributed by atoms with Gasteiger partial charge < -0.3 is 20.9 Å². The lowest BCUT2D eigenvalue weighted by Gasteiger charge is -2.36. The summed E-state index contributed by atoms with van der Waals surface area (Å²) in [6, 6.07) is 0. The van der Waals surface area contributed by atoms with Gasteiger partial charge in [0.2, 0.25) is 0 Å². The predicted octanol–water partition coefficient (Wildman–Crippen LogP) is 10.3. The van der Waals surface area contributed by atoms with E-state index in [1.165, 1.54) is 0 Å². The molecule has 0 spiro atoms. The van der Waals surface area contributed by atoms with E-state index in [0.717, 1.165) is 33.4 Å². The van der Waals surface area contributed by atoms with E-state index in [2.05, 4.69) is 27.7 Å². The summed E-state index contributed by atoms with van der Waals surface area (Å²) in [6.45, 7) is 20.8. The molecule has 10 heteroatoms. The molecule has 0 amide bonds. The van der Waals surface area contributed by atoms with Gasteiger partial charge in [-0.3, -0.25) is 19.2 Å². The first-order chi connectivity index (χ1) is 26.3. The summed E-state index contributed by atoms with van der Waals surface area (Å²) >= 11 is 0. The predicted molar refractivity (Wildman–Crippen MR) is 244 cm³/mol. The van der Waals surface area contributed by atoms with Crippen molar-refractivity contribution in [3.8, 4) is 0 Å². The second kappa shape index (κ2) is 26.1. The number of ketones is 2. The molecule has 4 N–H and O–H groups in total. The number of rotatable bonds is 18. The Bertz CT molecular complexity index is 1680. The molecule has 0 heterocycles. The molecule has 0 radical (unpaired) electrons. The van der Waals surface area contributed by atoms with Crippen LogP contribution in [0.2, 0.25) is 0 Å². The zero-order valence-corrected chi connectivity index (χ0v) is 37.9. The lowest BCUT2D eigenvalue weighted by Crippen LogP contribution is -2.39. The van der Waals surface area contributed by atoms with Crippen LogP contribution in [-0.4, -0.2) is 48.8 Å². The SMILES string of the molecule is CC(C=CC=C(C)C=CC1=C(C)C(=O)C(OC(=O)CCCN)CC1(C)C)=CC=CC=C(C)C=CC=C(C)C=CC1=C(C)C(=O)C(OC(=O)CCCN)CC1(C)C.Cl.Cl. The molecule has 0 bridgehead atoms. The van der Waals surface area contributed by atoms with Crippen LogP contribution in [0.25, 0.3) is 0 Å². The molecule has 0 saturated carbocycles. The van der Waals surface area contributed by atoms with Crippen molar-refractivity contribution < 1.29 is 28.7 Å². The number of Topliss-reactive ketones (excluding diaryl/α,β-unsaturated/α-hetero) is 2. The minimum atomic E-state index is -0.756. The summed E-state index contributed by atoms with van der Waals surface area (Å²) in [5.74, 6) is -1.03. The van der Waals surface area contributed by atoms with Crippen molar-refractivity contribution in [2.75, 3.05) is 13.1 Å². The minimum absolute atomic E-state index is 0. The van der Waals surface area contributed by atoms with E-state index in [4.69, 9.17) is 20.9 Å². The average molecular weight is 840 g/mol. The van der Waals surface area contributed by atoms with Crippen LogP contribution in [-0.2, 0) is 28.7 Å². The number of carbonyl (C=O) groups is 4. The topological polar surface area (TPSA) is 139 Å². The highest BCUT2D eigenvalue weighted by Crippen LogP contribution is 2.42. The van der Waals surface area contributed by atoms with Gasteiger partial charge in [-0.05, 0) is 101 Å². The monoisotopic (exact) mass is 838 g/mol. The van der Waals surface area contributed by atoms with Crippen LogP contribution in [0.3, 0.4) is 0 Å². The van der Waals surface area contributed by atoms with Gasteiger partial charge >= 0.3 is 11.9 Å². The summed E-state index contributed by atoms with van der Waals surface area (Å²) in [7, 11) is 0. The molecule has 0 fully saturated rings. The Labute approximate surface area is 360 Å². The van der Waals surface area contributed by atoms with Gasteiger partial charge in [0.25, 0.3) is 0 Å². The first-order valence-corrected chi connectivity index (χ1v) is 19.7. The summed E-state index contributed by atoms with van der Waals surface area (Å²) in [5.41, 5.74) is 17.8. The van der Waals surface area contributed by atoms with Gasteiger partial charge in [0.1, 0.15) is 0 Å². The average Bonchev–Trinajstić information content (AvgIpc) is 3.12. The van der Waals surface area contributed by atoms with Crippen molar-refractivity contribution in [2.45, 2.75) is 120 Å². The second-order valence-electron chi connectivity index (χ2n) is 16.1. The van der Waals surface area contributed by atoms with Crippen LogP contribution in [0.15, 0.2) is 130 Å². The van der Waals surface area contributed by atoms with Crippen LogP contribution >= 0.6 is 24.8 Å². The normalized spacial score (nSPS) is 20.8. The summed E-state index contributed by atoms with van der Waals surface area (Å²) in [4.78, 5) is 50.3. The fourth-order valence-corrected chi connectivity index (χ4v) is 6.69. The van der Waals surface area contributed by atoms with Crippen LogP contribution in [0.1, 0.15) is 108 Å². The maximum atomic E-state index is 13.0. The number of carbonyl (C=O) groups excluding carboxylic acids is 4. The third-order valence-electron chi connectivity index (χ3n) is 9.99. The highest BCUT2D eigenvalue weighted by atomic mass is 35.5. The maximum Gasteiger partial charge on any atom is 0.306 e. The van der Waals surface area contributed by atoms with E-state index in [9.17, 15) is 19.2 Å². The molecule has 2 aliphatic carbocycles. The van der Waals surface area contributed by atoms with E-state index < -0.39 is 12.2 Å². The zero-order valence-electron chi connectivity index (χ0n) is 36.3. The van der Waals surface area contributed by atoms with Gasteiger partial charge in [0.05, 0.1) is 0 Å². The summed E-state index contributed by atoms with van der Waals surface area (Å²) in [5, 5.41) is 0. The fraction of sp³-hybridized carbons (Fsp3) is 0.458. The molecule has 320 valence electrons. The van der Waals surface area contributed by atoms with Crippen molar-refractivity contribution in [1.82, 2.24) is 0 Å². The smallest absolute Gasteiger partial charge is 0.306 e. The number of esters is 2. The fourth-order valence-electron chi connectivity index (χ4n) is 6.69. The highest BCUT2D eigenvalue weighted by Gasteiger charge is 2.41. The van der Waals surface area contributed by atoms with Crippen molar-refractivity contribution in [1.29, 1.82) is 0 Å². The van der Waals surface area contributed by atoms with Crippen molar-refractivity contribution in [3.63, 3.8) is 0 Å². The van der Waals surface area contributed by atoms with Gasteiger partial charge in [-0.15, -0.1) is 24.8 Å². The molecule has 2 rings (SSSR count). The lowest BCUT2D eigenvalue weighted by molar-refractivity contribution is -0.156. The number of halogens is 2. The third kappa shape index (κ3) is 17.8. The third-order valence-corrected chi connectivity index (χ3v) is 9.99. The summed E-state index contributed by atoms with van der Waals surface area (Å²) in [6.07, 6.45) is 29.2. The standard InChI is InChI=1S/C48H66N2O6.2ClH/c1-33(19-13-21-35(3)25-27-39-37(5)45(53)41(31-47(39,7)8)55-43(51)23-15-29-49)17-11-12-18-34(2)20-14-22-36(4)26-28-40-38(6)46(54)42(32-48(40,9)10)56-44(52)24-16-30-50;;/h11-14,17-22,25-28,41-42H,15-16,23-24,29-32,49-50H2,1-10H3;2*1H. The molecule has 0 aromatic rings. The lowest BCUT2D eigenvalue weighted by atomic mass is 9.71. The molecule has 0 saturated heterocycles. The maximum absolute atomic E-state index is 13.0. The highest BCUT2D eigenvalue weighted by molar-refractivity contribution is 6.02. The number of ether oxygens (including phenoxy) is 2. The molecule has 2 aliphatic rings. The minimum Gasteiger partial charge on any atom is -0.454 e. The molecule has 0 aromatic heterocycles. The van der Waals surface area contributed by atoms with Crippen LogP contribution < -0.4 is 11.5 Å². The molecular weight excluding hydrogens is 771 g/mol. The largest absolute Gasteiger partial charge is 0.454 e. The van der Waals surface area contributed by atoms with E-state index in [1.807, 2.05) is 127 Å². The zero-order chi connectivity index (χ0) is 42.1. The van der Waals surface area contributed by atoms with Gasteiger partial charge in [0, 0.05) is 25.7 Å². The van der Waals surface area contributed by atoms with E-state index in [0.29, 0.717) is 49.9 Å². The molecule has 8 nitrogen and oxygen atoms in total. The van der Waals surface area contributed by atoms with Crippen LogP contribution in [0.5, 0.6) is 0 Å². The Morgan fingerprint density at radius 3 is 1.22 bits per heavy atom. The molecule has 0 aliphatic heterocycles. The Morgan fingerprint density at radius 1 is 0.586 bits per heavy atom. The van der Waals surface area contributed by atoms with Crippen LogP contribution in [0.4, 0.5) is 0 Å². The first kappa shape index (κ1) is 53.9. The van der Waals surface area contributed by atoms with Gasteiger partial charge in [-0.1, -0.05) is 135 Å². The number of nitrogens with two attached hydrogens (primary N) is 2. The van der Waals surface area contributed by atoms with Gasteiger partial charge in [0.15, 0.2) is 23.8 Å². The van der Waals surface area contributed by atoms with Crippen molar-refractivity contribution >= 4 is 48.3 Å². The van der Waals surface area contributed by atoms with E-state index >= 15 is 0 Å². The second-order valence-corrected chi connectivity index (χ2v) is 16.1. The molecule has 58 heavy (non-hydrogen) atoms. The Hall–Kier alpha value is -4.08. The quantitative estimate of drug-likeness (QED) is 0.103. The Morgan fingerprint density at radius 2 is 0.897 bits per heavy atom. The number of hydrogen-bond donors (Lipinski definition) is 2.